The van der Waals surface area contributed by atoms with E-state index in [1.807, 2.05) is 31.2 Å². The Morgan fingerprint density at radius 3 is 2.62 bits per heavy atom. The number of hydrogen-bond acceptors (Lipinski definition) is 5. The Morgan fingerprint density at radius 1 is 1.23 bits per heavy atom. The van der Waals surface area contributed by atoms with E-state index in [1.165, 1.54) is 24.9 Å². The van der Waals surface area contributed by atoms with Crippen molar-refractivity contribution < 1.29 is 19.4 Å². The standard InChI is InChI=1S/C19H16N2O4S/c1-11-3-6-13(7-4-11)20-19-21-17(22)16(26-19)10-12-5-8-15(25-2)14(9-12)18(23)24/h3-10H,1-2H3,(H,23,24)(H,20,21,22)/b16-10-. The summed E-state index contributed by atoms with van der Waals surface area (Å²) in [6.45, 7) is 1.99. The molecule has 1 amide bonds. The van der Waals surface area contributed by atoms with Gasteiger partial charge in [-0.3, -0.25) is 4.79 Å². The highest BCUT2D eigenvalue weighted by molar-refractivity contribution is 8.18. The number of amidine groups is 1. The summed E-state index contributed by atoms with van der Waals surface area (Å²) in [4.78, 5) is 28.3. The van der Waals surface area contributed by atoms with E-state index in [9.17, 15) is 14.7 Å². The molecule has 1 saturated heterocycles. The number of methoxy groups -OCH3 is 1. The molecule has 1 fully saturated rings. The number of thioether (sulfide) groups is 1. The number of ether oxygens (including phenoxy) is 1. The third-order valence-electron chi connectivity index (χ3n) is 3.67. The molecule has 1 heterocycles. The smallest absolute Gasteiger partial charge is 0.339 e. The van der Waals surface area contributed by atoms with E-state index in [0.717, 1.165) is 11.3 Å². The van der Waals surface area contributed by atoms with Crippen molar-refractivity contribution in [2.75, 3.05) is 7.11 Å². The van der Waals surface area contributed by atoms with Gasteiger partial charge in [-0.2, -0.15) is 0 Å². The molecule has 0 aliphatic carbocycles. The maximum Gasteiger partial charge on any atom is 0.339 e. The minimum absolute atomic E-state index is 0.0406. The number of nitrogens with zero attached hydrogens (tertiary/aromatic N) is 1. The first-order valence-electron chi connectivity index (χ1n) is 7.74. The normalized spacial score (nSPS) is 16.8. The predicted molar refractivity (Wildman–Crippen MR) is 102 cm³/mol. The van der Waals surface area contributed by atoms with E-state index in [1.54, 1.807) is 18.2 Å². The third kappa shape index (κ3) is 3.94. The van der Waals surface area contributed by atoms with Crippen molar-refractivity contribution in [2.24, 2.45) is 4.99 Å². The minimum Gasteiger partial charge on any atom is -0.496 e. The van der Waals surface area contributed by atoms with Gasteiger partial charge < -0.3 is 15.2 Å². The number of rotatable bonds is 4. The van der Waals surface area contributed by atoms with Crippen LogP contribution in [0.5, 0.6) is 5.75 Å². The maximum absolute atomic E-state index is 12.2. The molecule has 0 spiro atoms. The van der Waals surface area contributed by atoms with Crippen LogP contribution in [-0.2, 0) is 4.79 Å². The number of hydrogen-bond donors (Lipinski definition) is 2. The molecular weight excluding hydrogens is 352 g/mol. The first kappa shape index (κ1) is 17.8. The Bertz CT molecular complexity index is 933. The summed E-state index contributed by atoms with van der Waals surface area (Å²) in [5.74, 6) is -1.09. The molecule has 132 valence electrons. The van der Waals surface area contributed by atoms with Crippen LogP contribution in [-0.4, -0.2) is 29.3 Å². The van der Waals surface area contributed by atoms with Crippen LogP contribution >= 0.6 is 11.8 Å². The fourth-order valence-corrected chi connectivity index (χ4v) is 3.19. The van der Waals surface area contributed by atoms with Crippen molar-refractivity contribution in [1.29, 1.82) is 0 Å². The summed E-state index contributed by atoms with van der Waals surface area (Å²) in [6, 6.07) is 12.4. The zero-order chi connectivity index (χ0) is 18.7. The summed E-state index contributed by atoms with van der Waals surface area (Å²) < 4.78 is 5.04. The zero-order valence-corrected chi connectivity index (χ0v) is 15.0. The lowest BCUT2D eigenvalue weighted by Gasteiger charge is -2.05. The molecule has 2 aromatic rings. The number of benzene rings is 2. The van der Waals surface area contributed by atoms with Gasteiger partial charge in [0, 0.05) is 0 Å². The molecule has 0 saturated carbocycles. The van der Waals surface area contributed by atoms with Crippen LogP contribution in [0.1, 0.15) is 21.5 Å². The van der Waals surface area contributed by atoms with Gasteiger partial charge in [-0.1, -0.05) is 23.8 Å². The van der Waals surface area contributed by atoms with Gasteiger partial charge in [0.15, 0.2) is 5.17 Å². The van der Waals surface area contributed by atoms with Gasteiger partial charge in [0.05, 0.1) is 17.7 Å². The molecule has 0 radical (unpaired) electrons. The molecule has 3 rings (SSSR count). The summed E-state index contributed by atoms with van der Waals surface area (Å²) in [7, 11) is 1.41. The summed E-state index contributed by atoms with van der Waals surface area (Å²) in [5.41, 5.74) is 2.51. The van der Waals surface area contributed by atoms with Crippen molar-refractivity contribution in [2.45, 2.75) is 6.92 Å². The summed E-state index contributed by atoms with van der Waals surface area (Å²) >= 11 is 1.21. The Labute approximate surface area is 154 Å². The zero-order valence-electron chi connectivity index (χ0n) is 14.1. The molecule has 7 heteroatoms. The molecule has 2 N–H and O–H groups in total. The summed E-state index contributed by atoms with van der Waals surface area (Å²) in [5, 5.41) is 12.5. The highest BCUT2D eigenvalue weighted by atomic mass is 32.2. The van der Waals surface area contributed by atoms with Gasteiger partial charge in [-0.05, 0) is 54.6 Å². The van der Waals surface area contributed by atoms with E-state index >= 15 is 0 Å². The van der Waals surface area contributed by atoms with E-state index in [0.29, 0.717) is 15.6 Å². The Morgan fingerprint density at radius 2 is 1.96 bits per heavy atom. The number of carbonyl (C=O) groups excluding carboxylic acids is 1. The monoisotopic (exact) mass is 368 g/mol. The number of aryl methyl sites for hydroxylation is 1. The SMILES string of the molecule is COc1ccc(/C=C2\SC(=Nc3ccc(C)cc3)NC2=O)cc1C(=O)O. The molecule has 0 bridgehead atoms. The molecule has 1 aliphatic heterocycles. The van der Waals surface area contributed by atoms with Crippen molar-refractivity contribution >= 4 is 40.6 Å². The average Bonchev–Trinajstić information content (AvgIpc) is 2.96. The Hall–Kier alpha value is -3.06. The number of carboxylic acids is 1. The van der Waals surface area contributed by atoms with Crippen LogP contribution < -0.4 is 10.1 Å². The number of aromatic carboxylic acids is 1. The number of carboxylic acid groups (broad SMARTS) is 1. The van der Waals surface area contributed by atoms with Gasteiger partial charge >= 0.3 is 5.97 Å². The molecular formula is C19H16N2O4S. The lowest BCUT2D eigenvalue weighted by Crippen LogP contribution is -2.19. The van der Waals surface area contributed by atoms with Crippen LogP contribution in [0.15, 0.2) is 52.4 Å². The summed E-state index contributed by atoms with van der Waals surface area (Å²) in [6.07, 6.45) is 1.63. The highest BCUT2D eigenvalue weighted by Crippen LogP contribution is 2.29. The fraction of sp³-hybridized carbons (Fsp3) is 0.105. The molecule has 2 aromatic carbocycles. The van der Waals surface area contributed by atoms with E-state index in [-0.39, 0.29) is 17.2 Å². The minimum atomic E-state index is -1.09. The van der Waals surface area contributed by atoms with Gasteiger partial charge in [0.2, 0.25) is 0 Å². The number of aliphatic imine (C=N–C) groups is 1. The maximum atomic E-state index is 12.2. The van der Waals surface area contributed by atoms with Gasteiger partial charge in [-0.25, -0.2) is 9.79 Å². The average molecular weight is 368 g/mol. The van der Waals surface area contributed by atoms with Crippen LogP contribution in [0.4, 0.5) is 5.69 Å². The molecule has 0 unspecified atom stereocenters. The lowest BCUT2D eigenvalue weighted by atomic mass is 10.1. The molecule has 26 heavy (non-hydrogen) atoms. The van der Waals surface area contributed by atoms with E-state index in [2.05, 4.69) is 10.3 Å². The van der Waals surface area contributed by atoms with Crippen molar-refractivity contribution in [1.82, 2.24) is 5.32 Å². The fourth-order valence-electron chi connectivity index (χ4n) is 2.35. The third-order valence-corrected chi connectivity index (χ3v) is 4.58. The van der Waals surface area contributed by atoms with Gasteiger partial charge in [0.1, 0.15) is 11.3 Å². The first-order valence-corrected chi connectivity index (χ1v) is 8.55. The van der Waals surface area contributed by atoms with Crippen LogP contribution in [0.3, 0.4) is 0 Å². The molecule has 0 atom stereocenters. The number of amides is 1. The van der Waals surface area contributed by atoms with Crippen molar-refractivity contribution in [3.05, 3.63) is 64.1 Å². The van der Waals surface area contributed by atoms with Crippen LogP contribution in [0.25, 0.3) is 6.08 Å². The second-order valence-corrected chi connectivity index (χ2v) is 6.61. The largest absolute Gasteiger partial charge is 0.496 e. The highest BCUT2D eigenvalue weighted by Gasteiger charge is 2.24. The van der Waals surface area contributed by atoms with E-state index in [4.69, 9.17) is 4.74 Å². The lowest BCUT2D eigenvalue weighted by molar-refractivity contribution is -0.115. The Balaban J connectivity index is 1.86. The number of nitrogens with one attached hydrogen (secondary N) is 1. The quantitative estimate of drug-likeness (QED) is 0.805. The van der Waals surface area contributed by atoms with Crippen LogP contribution in [0.2, 0.25) is 0 Å². The van der Waals surface area contributed by atoms with E-state index < -0.39 is 5.97 Å². The second kappa shape index (κ2) is 7.45. The molecule has 0 aromatic heterocycles. The molecule has 1 aliphatic rings. The van der Waals surface area contributed by atoms with Crippen LogP contribution in [0, 0.1) is 6.92 Å². The predicted octanol–water partition coefficient (Wildman–Crippen LogP) is 3.59. The first-order chi connectivity index (χ1) is 12.5. The Kier molecular flexibility index (Phi) is 5.09. The van der Waals surface area contributed by atoms with Crippen molar-refractivity contribution in [3.63, 3.8) is 0 Å². The second-order valence-electron chi connectivity index (χ2n) is 5.58. The topological polar surface area (TPSA) is 88.0 Å². The van der Waals surface area contributed by atoms with Crippen molar-refractivity contribution in [3.8, 4) is 5.75 Å². The van der Waals surface area contributed by atoms with Gasteiger partial charge in [0.25, 0.3) is 5.91 Å². The molecule has 6 nitrogen and oxygen atoms in total. The van der Waals surface area contributed by atoms with Gasteiger partial charge in [-0.15, -0.1) is 0 Å². The number of carbonyl (C=O) groups is 2.